The highest BCUT2D eigenvalue weighted by Crippen LogP contribution is 2.36. The van der Waals surface area contributed by atoms with Crippen LogP contribution in [0.4, 0.5) is 0 Å². The highest BCUT2D eigenvalue weighted by atomic mass is 16.6. The average molecular weight is 307 g/mol. The van der Waals surface area contributed by atoms with Crippen LogP contribution < -0.4 is 19.5 Å². The van der Waals surface area contributed by atoms with Crippen LogP contribution in [0.3, 0.4) is 0 Å². The lowest BCUT2D eigenvalue weighted by molar-refractivity contribution is -0.122. The van der Waals surface area contributed by atoms with E-state index in [2.05, 4.69) is 5.32 Å². The van der Waals surface area contributed by atoms with E-state index in [1.807, 2.05) is 6.07 Å². The maximum absolute atomic E-state index is 12.0. The lowest BCUT2D eigenvalue weighted by atomic mass is 10.0. The van der Waals surface area contributed by atoms with Crippen molar-refractivity contribution < 1.29 is 23.7 Å². The van der Waals surface area contributed by atoms with E-state index in [-0.39, 0.29) is 5.91 Å². The first-order chi connectivity index (χ1) is 10.8. The molecule has 1 fully saturated rings. The Morgan fingerprint density at radius 2 is 2.05 bits per heavy atom. The molecule has 0 aliphatic carbocycles. The number of fused-ring (bicyclic) bond motifs is 1. The molecule has 1 atom stereocenters. The van der Waals surface area contributed by atoms with Crippen LogP contribution in [-0.4, -0.2) is 39.4 Å². The summed E-state index contributed by atoms with van der Waals surface area (Å²) in [6, 6.07) is 3.67. The SMILES string of the molecule is COc1cc2c(cc1CNC(=O)C[C@H]1CCOC1)OCCO2. The number of methoxy groups -OCH3 is 1. The summed E-state index contributed by atoms with van der Waals surface area (Å²) in [5, 5.41) is 2.94. The molecular formula is C16H21NO5. The molecule has 1 amide bonds. The van der Waals surface area contributed by atoms with Crippen molar-refractivity contribution in [2.75, 3.05) is 33.5 Å². The summed E-state index contributed by atoms with van der Waals surface area (Å²) >= 11 is 0. The van der Waals surface area contributed by atoms with Crippen molar-refractivity contribution in [3.63, 3.8) is 0 Å². The lowest BCUT2D eigenvalue weighted by Gasteiger charge is -2.21. The predicted octanol–water partition coefficient (Wildman–Crippen LogP) is 1.51. The summed E-state index contributed by atoms with van der Waals surface area (Å²) in [5.41, 5.74) is 0.878. The fourth-order valence-corrected chi connectivity index (χ4v) is 2.71. The molecular weight excluding hydrogens is 286 g/mol. The van der Waals surface area contributed by atoms with E-state index >= 15 is 0 Å². The molecule has 2 heterocycles. The highest BCUT2D eigenvalue weighted by molar-refractivity contribution is 5.76. The molecule has 1 aromatic carbocycles. The van der Waals surface area contributed by atoms with Gasteiger partial charge in [0.1, 0.15) is 19.0 Å². The van der Waals surface area contributed by atoms with Gasteiger partial charge in [0, 0.05) is 37.8 Å². The normalized spacial score (nSPS) is 19.8. The van der Waals surface area contributed by atoms with Crippen LogP contribution >= 0.6 is 0 Å². The zero-order chi connectivity index (χ0) is 15.4. The van der Waals surface area contributed by atoms with Crippen LogP contribution in [0, 0.1) is 5.92 Å². The molecule has 0 radical (unpaired) electrons. The van der Waals surface area contributed by atoms with Crippen LogP contribution in [0.25, 0.3) is 0 Å². The summed E-state index contributed by atoms with van der Waals surface area (Å²) < 4.78 is 21.8. The van der Waals surface area contributed by atoms with Gasteiger partial charge in [0.15, 0.2) is 11.5 Å². The Labute approximate surface area is 129 Å². The van der Waals surface area contributed by atoms with E-state index in [0.717, 1.165) is 18.6 Å². The third kappa shape index (κ3) is 3.44. The minimum Gasteiger partial charge on any atom is -0.496 e. The lowest BCUT2D eigenvalue weighted by Crippen LogP contribution is -2.25. The fraction of sp³-hybridized carbons (Fsp3) is 0.562. The Morgan fingerprint density at radius 3 is 2.73 bits per heavy atom. The summed E-state index contributed by atoms with van der Waals surface area (Å²) in [6.07, 6.45) is 1.47. The molecule has 1 aromatic rings. The largest absolute Gasteiger partial charge is 0.496 e. The highest BCUT2D eigenvalue weighted by Gasteiger charge is 2.20. The first-order valence-corrected chi connectivity index (χ1v) is 7.57. The number of carbonyl (C=O) groups excluding carboxylic acids is 1. The number of rotatable bonds is 5. The van der Waals surface area contributed by atoms with Crippen LogP contribution in [-0.2, 0) is 16.1 Å². The van der Waals surface area contributed by atoms with Crippen molar-refractivity contribution in [3.8, 4) is 17.2 Å². The molecule has 22 heavy (non-hydrogen) atoms. The van der Waals surface area contributed by atoms with Crippen molar-refractivity contribution in [1.82, 2.24) is 5.32 Å². The van der Waals surface area contributed by atoms with Gasteiger partial charge in [-0.15, -0.1) is 0 Å². The second-order valence-corrected chi connectivity index (χ2v) is 5.52. The summed E-state index contributed by atoms with van der Waals surface area (Å²) in [6.45, 7) is 2.92. The second-order valence-electron chi connectivity index (χ2n) is 5.52. The van der Waals surface area contributed by atoms with Gasteiger partial charge in [-0.1, -0.05) is 0 Å². The van der Waals surface area contributed by atoms with Gasteiger partial charge in [-0.3, -0.25) is 4.79 Å². The summed E-state index contributed by atoms with van der Waals surface area (Å²) in [4.78, 5) is 12.0. The van der Waals surface area contributed by atoms with Gasteiger partial charge in [0.25, 0.3) is 0 Å². The zero-order valence-corrected chi connectivity index (χ0v) is 12.7. The van der Waals surface area contributed by atoms with E-state index in [0.29, 0.717) is 56.0 Å². The molecule has 0 unspecified atom stereocenters. The van der Waals surface area contributed by atoms with Crippen molar-refractivity contribution in [3.05, 3.63) is 17.7 Å². The number of nitrogens with one attached hydrogen (secondary N) is 1. The zero-order valence-electron chi connectivity index (χ0n) is 12.7. The number of amides is 1. The van der Waals surface area contributed by atoms with E-state index in [9.17, 15) is 4.79 Å². The number of hydrogen-bond donors (Lipinski definition) is 1. The van der Waals surface area contributed by atoms with Gasteiger partial charge >= 0.3 is 0 Å². The third-order valence-corrected chi connectivity index (χ3v) is 3.92. The van der Waals surface area contributed by atoms with Crippen LogP contribution in [0.15, 0.2) is 12.1 Å². The molecule has 2 aliphatic rings. The molecule has 3 rings (SSSR count). The van der Waals surface area contributed by atoms with E-state index in [1.165, 1.54) is 0 Å². The average Bonchev–Trinajstić information content (AvgIpc) is 3.04. The number of benzene rings is 1. The summed E-state index contributed by atoms with van der Waals surface area (Å²) in [5.74, 6) is 2.44. The summed E-state index contributed by atoms with van der Waals surface area (Å²) in [7, 11) is 1.60. The molecule has 0 saturated carbocycles. The maximum Gasteiger partial charge on any atom is 0.220 e. The fourth-order valence-electron chi connectivity index (χ4n) is 2.71. The molecule has 0 aromatic heterocycles. The molecule has 0 spiro atoms. The Bertz CT molecular complexity index is 540. The van der Waals surface area contributed by atoms with Gasteiger partial charge in [0.05, 0.1) is 7.11 Å². The van der Waals surface area contributed by atoms with E-state index in [4.69, 9.17) is 18.9 Å². The number of carbonyl (C=O) groups is 1. The Balaban J connectivity index is 1.62. The third-order valence-electron chi connectivity index (χ3n) is 3.92. The van der Waals surface area contributed by atoms with Crippen LogP contribution in [0.5, 0.6) is 17.2 Å². The second kappa shape index (κ2) is 6.87. The quantitative estimate of drug-likeness (QED) is 0.893. The first-order valence-electron chi connectivity index (χ1n) is 7.57. The van der Waals surface area contributed by atoms with Gasteiger partial charge in [-0.25, -0.2) is 0 Å². The van der Waals surface area contributed by atoms with Gasteiger partial charge < -0.3 is 24.3 Å². The van der Waals surface area contributed by atoms with Crippen molar-refractivity contribution in [1.29, 1.82) is 0 Å². The van der Waals surface area contributed by atoms with Crippen molar-refractivity contribution in [2.45, 2.75) is 19.4 Å². The number of ether oxygens (including phenoxy) is 4. The molecule has 0 bridgehead atoms. The van der Waals surface area contributed by atoms with E-state index in [1.54, 1.807) is 13.2 Å². The molecule has 6 heteroatoms. The maximum atomic E-state index is 12.0. The topological polar surface area (TPSA) is 66.0 Å². The van der Waals surface area contributed by atoms with Gasteiger partial charge in [-0.2, -0.15) is 0 Å². The van der Waals surface area contributed by atoms with E-state index < -0.39 is 0 Å². The van der Waals surface area contributed by atoms with Crippen LogP contribution in [0.1, 0.15) is 18.4 Å². The first kappa shape index (κ1) is 15.0. The molecule has 120 valence electrons. The minimum atomic E-state index is 0.0347. The van der Waals surface area contributed by atoms with Crippen LogP contribution in [0.2, 0.25) is 0 Å². The molecule has 2 aliphatic heterocycles. The molecule has 1 saturated heterocycles. The smallest absolute Gasteiger partial charge is 0.220 e. The Morgan fingerprint density at radius 1 is 1.27 bits per heavy atom. The standard InChI is InChI=1S/C16H21NO5/c1-19-13-8-15-14(21-4-5-22-15)7-12(13)9-17-16(18)6-11-2-3-20-10-11/h7-8,11H,2-6,9-10H2,1H3,(H,17,18)/t11-/m1/s1. The number of hydrogen-bond acceptors (Lipinski definition) is 5. The van der Waals surface area contributed by atoms with Gasteiger partial charge in [0.2, 0.25) is 5.91 Å². The molecule has 6 nitrogen and oxygen atoms in total. The Kier molecular flexibility index (Phi) is 4.68. The Hall–Kier alpha value is -1.95. The monoisotopic (exact) mass is 307 g/mol. The minimum absolute atomic E-state index is 0.0347. The van der Waals surface area contributed by atoms with Crippen molar-refractivity contribution >= 4 is 5.91 Å². The van der Waals surface area contributed by atoms with Crippen molar-refractivity contribution in [2.24, 2.45) is 5.92 Å². The molecule has 1 N–H and O–H groups in total. The predicted molar refractivity (Wildman–Crippen MR) is 79.4 cm³/mol. The van der Waals surface area contributed by atoms with Gasteiger partial charge in [-0.05, 0) is 18.4 Å².